The summed E-state index contributed by atoms with van der Waals surface area (Å²) in [6.45, 7) is -1.93. The second kappa shape index (κ2) is 7.06. The van der Waals surface area contributed by atoms with Gasteiger partial charge in [0.1, 0.15) is 5.75 Å². The lowest BCUT2D eigenvalue weighted by atomic mass is 9.97. The molecule has 1 aromatic rings. The van der Waals surface area contributed by atoms with Crippen LogP contribution in [0.3, 0.4) is 0 Å². The normalized spacial score (nSPS) is 11.2. The lowest BCUT2D eigenvalue weighted by molar-refractivity contribution is -0.143. The van der Waals surface area contributed by atoms with Gasteiger partial charge in [-0.15, -0.1) is 0 Å². The smallest absolute Gasteiger partial charge is 0.416 e. The number of halogens is 5. The molecule has 1 rings (SSSR count). The summed E-state index contributed by atoms with van der Waals surface area (Å²) in [5.74, 6) is -1.78. The average Bonchev–Trinajstić information content (AvgIpc) is 2.38. The molecule has 0 atom stereocenters. The number of hydrogen-bond donors (Lipinski definition) is 0. The van der Waals surface area contributed by atoms with Crippen molar-refractivity contribution in [3.8, 4) is 11.8 Å². The minimum absolute atomic E-state index is 0.0470. The van der Waals surface area contributed by atoms with Gasteiger partial charge >= 0.3 is 18.8 Å². The summed E-state index contributed by atoms with van der Waals surface area (Å²) in [6.07, 6.45) is -5.75. The minimum atomic E-state index is -4.95. The highest BCUT2D eigenvalue weighted by Crippen LogP contribution is 2.37. The summed E-state index contributed by atoms with van der Waals surface area (Å²) in [6, 6.07) is 2.48. The maximum absolute atomic E-state index is 13.0. The van der Waals surface area contributed by atoms with Crippen molar-refractivity contribution in [2.24, 2.45) is 0 Å². The first-order valence-corrected chi connectivity index (χ1v) is 5.93. The van der Waals surface area contributed by atoms with Crippen LogP contribution in [0.4, 0.5) is 22.0 Å². The van der Waals surface area contributed by atoms with Crippen LogP contribution in [-0.2, 0) is 22.1 Å². The van der Waals surface area contributed by atoms with Gasteiger partial charge in [-0.25, -0.2) is 0 Å². The first kappa shape index (κ1) is 17.7. The van der Waals surface area contributed by atoms with Gasteiger partial charge in [0.2, 0.25) is 0 Å². The molecule has 4 nitrogen and oxygen atoms in total. The Morgan fingerprint density at radius 2 is 2.00 bits per heavy atom. The number of rotatable bonds is 5. The van der Waals surface area contributed by atoms with Crippen LogP contribution < -0.4 is 4.74 Å². The zero-order valence-corrected chi connectivity index (χ0v) is 11.2. The molecule has 0 N–H and O–H groups in total. The maximum Gasteiger partial charge on any atom is 0.416 e. The first-order valence-electron chi connectivity index (χ1n) is 5.93. The van der Waals surface area contributed by atoms with Gasteiger partial charge in [0.15, 0.2) is 0 Å². The van der Waals surface area contributed by atoms with Crippen molar-refractivity contribution in [2.75, 3.05) is 6.61 Å². The molecular formula is C13H10F5NO3. The topological polar surface area (TPSA) is 59.3 Å². The Kier molecular flexibility index (Phi) is 5.68. The zero-order valence-electron chi connectivity index (χ0n) is 11.2. The Bertz CT molecular complexity index is 593. The van der Waals surface area contributed by atoms with Gasteiger partial charge in [0, 0.05) is 0 Å². The SMILES string of the molecule is CCOC(=O)Cc1c(C#N)cc(OC(F)F)cc1C(F)(F)F. The monoisotopic (exact) mass is 323 g/mol. The van der Waals surface area contributed by atoms with Crippen molar-refractivity contribution in [2.45, 2.75) is 26.1 Å². The van der Waals surface area contributed by atoms with E-state index >= 15 is 0 Å². The molecule has 0 heterocycles. The van der Waals surface area contributed by atoms with Gasteiger partial charge in [0.25, 0.3) is 0 Å². The van der Waals surface area contributed by atoms with E-state index in [0.717, 1.165) is 6.07 Å². The van der Waals surface area contributed by atoms with E-state index < -0.39 is 47.6 Å². The molecule has 22 heavy (non-hydrogen) atoms. The van der Waals surface area contributed by atoms with Crippen LogP contribution in [0.5, 0.6) is 5.75 Å². The van der Waals surface area contributed by atoms with E-state index in [1.54, 1.807) is 0 Å². The van der Waals surface area contributed by atoms with Crippen LogP contribution in [0.15, 0.2) is 12.1 Å². The fraction of sp³-hybridized carbons (Fsp3) is 0.385. The molecule has 0 aliphatic heterocycles. The molecule has 0 amide bonds. The molecule has 0 fully saturated rings. The first-order chi connectivity index (χ1) is 10.2. The van der Waals surface area contributed by atoms with E-state index in [4.69, 9.17) is 5.26 Å². The quantitative estimate of drug-likeness (QED) is 0.616. The standard InChI is InChI=1S/C13H10F5NO3/c1-2-21-11(20)5-9-7(6-19)3-8(22-12(14)15)4-10(9)13(16,17)18/h3-4,12H,2,5H2,1H3. The number of alkyl halides is 5. The number of ether oxygens (including phenoxy) is 2. The molecule has 0 aliphatic carbocycles. The second-order valence-corrected chi connectivity index (χ2v) is 3.97. The highest BCUT2D eigenvalue weighted by Gasteiger charge is 2.36. The van der Waals surface area contributed by atoms with Gasteiger partial charge in [-0.1, -0.05) is 0 Å². The Balaban J connectivity index is 3.39. The van der Waals surface area contributed by atoms with Crippen LogP contribution >= 0.6 is 0 Å². The molecular weight excluding hydrogens is 313 g/mol. The summed E-state index contributed by atoms with van der Waals surface area (Å²) in [5, 5.41) is 8.90. The van der Waals surface area contributed by atoms with E-state index in [-0.39, 0.29) is 6.61 Å². The van der Waals surface area contributed by atoms with Gasteiger partial charge in [-0.05, 0) is 24.6 Å². The lowest BCUT2D eigenvalue weighted by Gasteiger charge is -2.16. The van der Waals surface area contributed by atoms with Crippen LogP contribution in [0.25, 0.3) is 0 Å². The fourth-order valence-corrected chi connectivity index (χ4v) is 1.72. The third kappa shape index (κ3) is 4.58. The summed E-state index contributed by atoms with van der Waals surface area (Å²) in [7, 11) is 0. The summed E-state index contributed by atoms with van der Waals surface area (Å²) >= 11 is 0. The Labute approximate surface area is 122 Å². The minimum Gasteiger partial charge on any atom is -0.466 e. The highest BCUT2D eigenvalue weighted by atomic mass is 19.4. The molecule has 9 heteroatoms. The second-order valence-electron chi connectivity index (χ2n) is 3.97. The van der Waals surface area contributed by atoms with Gasteiger partial charge in [0.05, 0.1) is 30.2 Å². The van der Waals surface area contributed by atoms with E-state index in [1.807, 2.05) is 0 Å². The number of carbonyl (C=O) groups excluding carboxylic acids is 1. The number of nitrogens with zero attached hydrogens (tertiary/aromatic N) is 1. The molecule has 0 spiro atoms. The number of nitriles is 1. The van der Waals surface area contributed by atoms with Crippen LogP contribution in [-0.4, -0.2) is 19.2 Å². The molecule has 0 saturated carbocycles. The van der Waals surface area contributed by atoms with Crippen LogP contribution in [0, 0.1) is 11.3 Å². The third-order valence-electron chi connectivity index (χ3n) is 2.50. The largest absolute Gasteiger partial charge is 0.466 e. The molecule has 120 valence electrons. The average molecular weight is 323 g/mol. The maximum atomic E-state index is 13.0. The molecule has 0 unspecified atom stereocenters. The van der Waals surface area contributed by atoms with Crippen molar-refractivity contribution in [1.82, 2.24) is 0 Å². The fourth-order valence-electron chi connectivity index (χ4n) is 1.72. The van der Waals surface area contributed by atoms with Crippen LogP contribution in [0.1, 0.15) is 23.6 Å². The number of esters is 1. The van der Waals surface area contributed by atoms with Crippen LogP contribution in [0.2, 0.25) is 0 Å². The van der Waals surface area contributed by atoms with Crippen molar-refractivity contribution in [1.29, 1.82) is 5.26 Å². The van der Waals surface area contributed by atoms with Gasteiger partial charge < -0.3 is 9.47 Å². The Morgan fingerprint density at radius 1 is 1.36 bits per heavy atom. The van der Waals surface area contributed by atoms with Crippen molar-refractivity contribution >= 4 is 5.97 Å². The number of hydrogen-bond acceptors (Lipinski definition) is 4. The molecule has 0 saturated heterocycles. The number of carbonyl (C=O) groups is 1. The summed E-state index contributed by atoms with van der Waals surface area (Å²) in [5.41, 5.74) is -2.62. The molecule has 0 bridgehead atoms. The van der Waals surface area contributed by atoms with Crippen molar-refractivity contribution < 1.29 is 36.2 Å². The van der Waals surface area contributed by atoms with Crippen molar-refractivity contribution in [3.05, 3.63) is 28.8 Å². The van der Waals surface area contributed by atoms with E-state index in [0.29, 0.717) is 6.07 Å². The molecule has 1 aromatic carbocycles. The van der Waals surface area contributed by atoms with Gasteiger partial charge in [-0.2, -0.15) is 27.2 Å². The highest BCUT2D eigenvalue weighted by molar-refractivity contribution is 5.74. The predicted octanol–water partition coefficient (Wildman–Crippen LogP) is 3.28. The van der Waals surface area contributed by atoms with E-state index in [1.165, 1.54) is 13.0 Å². The van der Waals surface area contributed by atoms with E-state index in [2.05, 4.69) is 9.47 Å². The number of benzene rings is 1. The Hall–Kier alpha value is -2.37. The van der Waals surface area contributed by atoms with E-state index in [9.17, 15) is 26.7 Å². The lowest BCUT2D eigenvalue weighted by Crippen LogP contribution is -2.16. The predicted molar refractivity (Wildman–Crippen MR) is 63.1 cm³/mol. The Morgan fingerprint density at radius 3 is 2.45 bits per heavy atom. The third-order valence-corrected chi connectivity index (χ3v) is 2.50. The summed E-state index contributed by atoms with van der Waals surface area (Å²) in [4.78, 5) is 11.4. The zero-order chi connectivity index (χ0) is 16.9. The van der Waals surface area contributed by atoms with Gasteiger partial charge in [-0.3, -0.25) is 4.79 Å². The molecule has 0 radical (unpaired) electrons. The molecule has 0 aliphatic rings. The van der Waals surface area contributed by atoms with Crippen molar-refractivity contribution in [3.63, 3.8) is 0 Å². The molecule has 0 aromatic heterocycles. The summed E-state index contributed by atoms with van der Waals surface area (Å²) < 4.78 is 71.8.